The van der Waals surface area contributed by atoms with Gasteiger partial charge in [-0.2, -0.15) is 0 Å². The van der Waals surface area contributed by atoms with Crippen molar-refractivity contribution in [2.75, 3.05) is 0 Å². The standard InChI is InChI=1S/C18H21NO/c1-10-11(2)18-17(12-6-3-4-8-14(12)19-18)13-7-5-9-15(20)16(10)13/h3-6,8-14,16-17H,7H2,1-2H3. The van der Waals surface area contributed by atoms with Gasteiger partial charge in [0.05, 0.1) is 6.04 Å². The first-order valence-corrected chi connectivity index (χ1v) is 7.81. The number of hydrogen-bond donors (Lipinski definition) is 0. The fraction of sp³-hybridized carbons (Fsp3) is 0.556. The summed E-state index contributed by atoms with van der Waals surface area (Å²) < 4.78 is 0. The zero-order valence-corrected chi connectivity index (χ0v) is 12.1. The van der Waals surface area contributed by atoms with E-state index >= 15 is 0 Å². The van der Waals surface area contributed by atoms with Gasteiger partial charge in [0.2, 0.25) is 0 Å². The predicted octanol–water partition coefficient (Wildman–Crippen LogP) is 3.22. The Hall–Kier alpha value is -1.44. The molecule has 1 aliphatic heterocycles. The number of aliphatic imine (C=N–C) groups is 1. The predicted molar refractivity (Wildman–Crippen MR) is 80.6 cm³/mol. The smallest absolute Gasteiger partial charge is 0.159 e. The molecule has 0 aromatic heterocycles. The summed E-state index contributed by atoms with van der Waals surface area (Å²) in [5.41, 5.74) is 1.38. The fourth-order valence-electron chi connectivity index (χ4n) is 4.86. The maximum absolute atomic E-state index is 12.4. The molecule has 7 atom stereocenters. The molecule has 1 heterocycles. The van der Waals surface area contributed by atoms with Crippen LogP contribution in [0, 0.1) is 35.5 Å². The second-order valence-electron chi connectivity index (χ2n) is 6.80. The van der Waals surface area contributed by atoms with Crippen molar-refractivity contribution in [3.05, 3.63) is 36.5 Å². The van der Waals surface area contributed by atoms with Crippen LogP contribution in [-0.2, 0) is 4.79 Å². The quantitative estimate of drug-likeness (QED) is 0.662. The minimum Gasteiger partial charge on any atom is -0.295 e. The van der Waals surface area contributed by atoms with Crippen LogP contribution < -0.4 is 0 Å². The fourth-order valence-corrected chi connectivity index (χ4v) is 4.86. The molecule has 20 heavy (non-hydrogen) atoms. The first-order valence-electron chi connectivity index (χ1n) is 7.81. The molecule has 0 amide bonds. The molecule has 1 saturated carbocycles. The normalized spacial score (nSPS) is 48.6. The van der Waals surface area contributed by atoms with E-state index in [4.69, 9.17) is 4.99 Å². The number of nitrogens with zero attached hydrogens (tertiary/aromatic N) is 1. The van der Waals surface area contributed by atoms with Crippen LogP contribution in [0.5, 0.6) is 0 Å². The van der Waals surface area contributed by atoms with Crippen LogP contribution in [0.3, 0.4) is 0 Å². The number of carbonyl (C=O) groups is 1. The third kappa shape index (κ3) is 1.51. The number of fused-ring (bicyclic) bond motifs is 5. The molecular formula is C18H21NO. The van der Waals surface area contributed by atoms with Crippen molar-refractivity contribution in [2.24, 2.45) is 40.5 Å². The highest BCUT2D eigenvalue weighted by Gasteiger charge is 2.53. The molecule has 0 aromatic carbocycles. The highest BCUT2D eigenvalue weighted by Crippen LogP contribution is 2.51. The van der Waals surface area contributed by atoms with Crippen molar-refractivity contribution < 1.29 is 4.79 Å². The van der Waals surface area contributed by atoms with Gasteiger partial charge in [-0.15, -0.1) is 0 Å². The molecule has 4 rings (SSSR count). The minimum atomic E-state index is 0.206. The van der Waals surface area contributed by atoms with E-state index in [0.29, 0.717) is 41.4 Å². The Bertz CT molecular complexity index is 568. The Balaban J connectivity index is 1.80. The van der Waals surface area contributed by atoms with E-state index in [0.717, 1.165) is 6.42 Å². The summed E-state index contributed by atoms with van der Waals surface area (Å²) in [7, 11) is 0. The number of allylic oxidation sites excluding steroid dienone is 4. The summed E-state index contributed by atoms with van der Waals surface area (Å²) in [6, 6.07) is 0.314. The van der Waals surface area contributed by atoms with Gasteiger partial charge in [-0.25, -0.2) is 0 Å². The maximum Gasteiger partial charge on any atom is 0.159 e. The van der Waals surface area contributed by atoms with Gasteiger partial charge in [0.1, 0.15) is 0 Å². The number of hydrogen-bond acceptors (Lipinski definition) is 2. The van der Waals surface area contributed by atoms with Gasteiger partial charge in [-0.3, -0.25) is 9.79 Å². The van der Waals surface area contributed by atoms with E-state index in [9.17, 15) is 4.79 Å². The summed E-state index contributed by atoms with van der Waals surface area (Å²) in [5.74, 6) is 2.83. The molecule has 3 aliphatic carbocycles. The van der Waals surface area contributed by atoms with Crippen molar-refractivity contribution in [3.8, 4) is 0 Å². The van der Waals surface area contributed by atoms with Crippen LogP contribution in [0.1, 0.15) is 20.3 Å². The summed E-state index contributed by atoms with van der Waals surface area (Å²) in [4.78, 5) is 17.4. The topological polar surface area (TPSA) is 29.4 Å². The third-order valence-corrected chi connectivity index (χ3v) is 5.96. The van der Waals surface area contributed by atoms with E-state index in [1.165, 1.54) is 5.71 Å². The van der Waals surface area contributed by atoms with Gasteiger partial charge >= 0.3 is 0 Å². The SMILES string of the molecule is CC1C2=NC3C=CC=CC3C2C2CC=CC(=O)C2C1C. The van der Waals surface area contributed by atoms with E-state index in [1.807, 2.05) is 6.08 Å². The van der Waals surface area contributed by atoms with Crippen LogP contribution in [0.15, 0.2) is 41.4 Å². The molecule has 0 radical (unpaired) electrons. The molecule has 4 aliphatic rings. The van der Waals surface area contributed by atoms with Gasteiger partial charge in [-0.05, 0) is 30.3 Å². The molecule has 0 N–H and O–H groups in total. The third-order valence-electron chi connectivity index (χ3n) is 5.96. The van der Waals surface area contributed by atoms with Gasteiger partial charge < -0.3 is 0 Å². The molecule has 104 valence electrons. The molecule has 2 nitrogen and oxygen atoms in total. The lowest BCUT2D eigenvalue weighted by Crippen LogP contribution is -2.49. The highest BCUT2D eigenvalue weighted by atomic mass is 16.1. The monoisotopic (exact) mass is 267 g/mol. The van der Waals surface area contributed by atoms with Gasteiger partial charge in [0, 0.05) is 23.5 Å². The van der Waals surface area contributed by atoms with Crippen molar-refractivity contribution in [1.82, 2.24) is 0 Å². The molecule has 0 saturated heterocycles. The molecular weight excluding hydrogens is 246 g/mol. The largest absolute Gasteiger partial charge is 0.295 e. The zero-order chi connectivity index (χ0) is 13.9. The molecule has 0 spiro atoms. The van der Waals surface area contributed by atoms with Crippen molar-refractivity contribution >= 4 is 11.5 Å². The number of carbonyl (C=O) groups excluding carboxylic acids is 1. The van der Waals surface area contributed by atoms with E-state index in [2.05, 4.69) is 44.2 Å². The second kappa shape index (κ2) is 4.28. The van der Waals surface area contributed by atoms with Crippen LogP contribution in [0.2, 0.25) is 0 Å². The average molecular weight is 267 g/mol. The van der Waals surface area contributed by atoms with Crippen LogP contribution in [-0.4, -0.2) is 17.5 Å². The number of rotatable bonds is 0. The number of ketones is 1. The average Bonchev–Trinajstić information content (AvgIpc) is 2.84. The van der Waals surface area contributed by atoms with Crippen molar-refractivity contribution in [3.63, 3.8) is 0 Å². The summed E-state index contributed by atoms with van der Waals surface area (Å²) in [6.07, 6.45) is 13.7. The van der Waals surface area contributed by atoms with Crippen LogP contribution in [0.25, 0.3) is 0 Å². The second-order valence-corrected chi connectivity index (χ2v) is 6.80. The molecule has 1 fully saturated rings. The lowest BCUT2D eigenvalue weighted by Gasteiger charge is -2.46. The molecule has 2 heteroatoms. The molecule has 7 unspecified atom stereocenters. The Labute approximate surface area is 120 Å². The lowest BCUT2D eigenvalue weighted by molar-refractivity contribution is -0.124. The first kappa shape index (κ1) is 12.3. The summed E-state index contributed by atoms with van der Waals surface area (Å²) >= 11 is 0. The Morgan fingerprint density at radius 2 is 1.95 bits per heavy atom. The lowest BCUT2D eigenvalue weighted by atomic mass is 9.56. The Morgan fingerprint density at radius 3 is 2.80 bits per heavy atom. The van der Waals surface area contributed by atoms with Gasteiger partial charge in [0.25, 0.3) is 0 Å². The summed E-state index contributed by atoms with van der Waals surface area (Å²) in [5, 5.41) is 0. The van der Waals surface area contributed by atoms with Gasteiger partial charge in [-0.1, -0.05) is 44.2 Å². The zero-order valence-electron chi connectivity index (χ0n) is 12.1. The molecule has 0 bridgehead atoms. The molecule has 0 aromatic rings. The van der Waals surface area contributed by atoms with Crippen molar-refractivity contribution in [1.29, 1.82) is 0 Å². The van der Waals surface area contributed by atoms with E-state index in [-0.39, 0.29) is 5.92 Å². The Morgan fingerprint density at radius 1 is 1.15 bits per heavy atom. The summed E-state index contributed by atoms with van der Waals surface area (Å²) in [6.45, 7) is 4.51. The van der Waals surface area contributed by atoms with Crippen LogP contribution >= 0.6 is 0 Å². The maximum atomic E-state index is 12.4. The van der Waals surface area contributed by atoms with E-state index < -0.39 is 0 Å². The van der Waals surface area contributed by atoms with Crippen molar-refractivity contribution in [2.45, 2.75) is 26.3 Å². The van der Waals surface area contributed by atoms with Crippen LogP contribution in [0.4, 0.5) is 0 Å². The van der Waals surface area contributed by atoms with Gasteiger partial charge in [0.15, 0.2) is 5.78 Å². The first-order chi connectivity index (χ1) is 9.68. The van der Waals surface area contributed by atoms with E-state index in [1.54, 1.807) is 0 Å². The minimum absolute atomic E-state index is 0.206. The highest BCUT2D eigenvalue weighted by molar-refractivity contribution is 5.98. The Kier molecular flexibility index (Phi) is 2.63.